The van der Waals surface area contributed by atoms with Gasteiger partial charge in [-0.25, -0.2) is 9.67 Å². The predicted molar refractivity (Wildman–Crippen MR) is 80.8 cm³/mol. The molecule has 0 amide bonds. The van der Waals surface area contributed by atoms with Crippen molar-refractivity contribution in [2.75, 3.05) is 5.73 Å². The highest BCUT2D eigenvalue weighted by atomic mass is 35.5. The van der Waals surface area contributed by atoms with Gasteiger partial charge in [0.15, 0.2) is 0 Å². The normalized spacial score (nSPS) is 12.8. The van der Waals surface area contributed by atoms with E-state index in [1.54, 1.807) is 22.9 Å². The molecule has 1 heterocycles. The maximum atomic E-state index is 12.4. The molecular formula is C13H17ClN4OS. The quantitative estimate of drug-likeness (QED) is 0.861. The van der Waals surface area contributed by atoms with E-state index in [2.05, 4.69) is 23.9 Å². The number of hydrogen-bond acceptors (Lipinski definition) is 4. The third-order valence-corrected chi connectivity index (χ3v) is 4.48. The largest absolute Gasteiger partial charge is 0.399 e. The van der Waals surface area contributed by atoms with Gasteiger partial charge < -0.3 is 5.73 Å². The molecule has 0 aliphatic rings. The van der Waals surface area contributed by atoms with E-state index in [1.165, 1.54) is 6.33 Å². The van der Waals surface area contributed by atoms with Crippen LogP contribution in [0.1, 0.15) is 19.7 Å². The Hall–Kier alpha value is -1.40. The molecule has 0 fully saturated rings. The smallest absolute Gasteiger partial charge is 0.139 e. The fourth-order valence-corrected chi connectivity index (χ4v) is 3.33. The van der Waals surface area contributed by atoms with E-state index in [1.807, 2.05) is 0 Å². The van der Waals surface area contributed by atoms with Crippen LogP contribution in [-0.4, -0.2) is 19.0 Å². The second kappa shape index (κ2) is 6.37. The van der Waals surface area contributed by atoms with E-state index in [4.69, 9.17) is 17.3 Å². The fraction of sp³-hybridized carbons (Fsp3) is 0.385. The van der Waals surface area contributed by atoms with Crippen LogP contribution in [0.3, 0.4) is 0 Å². The second-order valence-electron chi connectivity index (χ2n) is 4.93. The number of rotatable bonds is 5. The van der Waals surface area contributed by atoms with Crippen LogP contribution < -0.4 is 5.73 Å². The van der Waals surface area contributed by atoms with Crippen LogP contribution in [0, 0.1) is 5.92 Å². The minimum absolute atomic E-state index is 0.274. The zero-order valence-corrected chi connectivity index (χ0v) is 13.0. The predicted octanol–water partition coefficient (Wildman–Crippen LogP) is 2.48. The van der Waals surface area contributed by atoms with Crippen LogP contribution in [0.25, 0.3) is 0 Å². The van der Waals surface area contributed by atoms with E-state index in [9.17, 15) is 4.21 Å². The third kappa shape index (κ3) is 3.58. The van der Waals surface area contributed by atoms with Crippen LogP contribution >= 0.6 is 11.6 Å². The molecule has 1 unspecified atom stereocenters. The molecule has 0 saturated heterocycles. The molecule has 2 N–H and O–H groups in total. The van der Waals surface area contributed by atoms with Crippen LogP contribution in [0.4, 0.5) is 5.69 Å². The first-order valence-electron chi connectivity index (χ1n) is 6.27. The number of anilines is 1. The van der Waals surface area contributed by atoms with Gasteiger partial charge in [-0.15, -0.1) is 0 Å². The van der Waals surface area contributed by atoms with E-state index in [-0.39, 0.29) is 5.75 Å². The lowest BCUT2D eigenvalue weighted by molar-refractivity contribution is 0.471. The van der Waals surface area contributed by atoms with Gasteiger partial charge in [-0.05, 0) is 24.1 Å². The maximum absolute atomic E-state index is 12.4. The molecule has 0 radical (unpaired) electrons. The summed E-state index contributed by atoms with van der Waals surface area (Å²) in [4.78, 5) is 4.70. The molecule has 1 atom stereocenters. The Bertz CT molecular complexity index is 627. The molecule has 5 nitrogen and oxygen atoms in total. The van der Waals surface area contributed by atoms with Gasteiger partial charge in [-0.3, -0.25) is 4.21 Å². The lowest BCUT2D eigenvalue weighted by atomic mass is 10.2. The molecule has 0 bridgehead atoms. The number of hydrogen-bond donors (Lipinski definition) is 1. The summed E-state index contributed by atoms with van der Waals surface area (Å²) in [7, 11) is -1.30. The monoisotopic (exact) mass is 312 g/mol. The molecular weight excluding hydrogens is 296 g/mol. The van der Waals surface area contributed by atoms with E-state index in [0.717, 1.165) is 6.54 Å². The third-order valence-electron chi connectivity index (χ3n) is 2.69. The highest BCUT2D eigenvalue weighted by Gasteiger charge is 2.14. The van der Waals surface area contributed by atoms with Crippen LogP contribution in [0.2, 0.25) is 5.02 Å². The standard InChI is InChI=1S/C13H17ClN4OS/c1-9(2)6-18-13(16-8-17-18)7-20(19)12-5-10(15)3-4-11(12)14/h3-5,8-9H,6-7,15H2,1-2H3. The van der Waals surface area contributed by atoms with Gasteiger partial charge in [0.2, 0.25) is 0 Å². The molecule has 2 aromatic rings. The van der Waals surface area contributed by atoms with Crippen molar-refractivity contribution in [2.24, 2.45) is 5.92 Å². The Labute approximate surface area is 125 Å². The maximum Gasteiger partial charge on any atom is 0.139 e. The van der Waals surface area contributed by atoms with Crippen molar-refractivity contribution in [1.29, 1.82) is 0 Å². The van der Waals surface area contributed by atoms with Crippen molar-refractivity contribution < 1.29 is 4.21 Å². The Balaban J connectivity index is 2.20. The first-order valence-corrected chi connectivity index (χ1v) is 7.97. The van der Waals surface area contributed by atoms with Crippen molar-refractivity contribution in [2.45, 2.75) is 31.0 Å². The summed E-state index contributed by atoms with van der Waals surface area (Å²) in [6, 6.07) is 4.98. The number of halogens is 1. The van der Waals surface area contributed by atoms with Gasteiger partial charge in [0.1, 0.15) is 12.2 Å². The van der Waals surface area contributed by atoms with Crippen molar-refractivity contribution in [1.82, 2.24) is 14.8 Å². The number of nitrogens with zero attached hydrogens (tertiary/aromatic N) is 3. The summed E-state index contributed by atoms with van der Waals surface area (Å²) >= 11 is 6.06. The van der Waals surface area contributed by atoms with Gasteiger partial charge in [0.25, 0.3) is 0 Å². The first kappa shape index (κ1) is 15.0. The van der Waals surface area contributed by atoms with Crippen molar-refractivity contribution >= 4 is 28.1 Å². The molecule has 20 heavy (non-hydrogen) atoms. The highest BCUT2D eigenvalue weighted by molar-refractivity contribution is 7.84. The average Bonchev–Trinajstić information content (AvgIpc) is 2.78. The Morgan fingerprint density at radius 2 is 2.20 bits per heavy atom. The SMILES string of the molecule is CC(C)Cn1ncnc1CS(=O)c1cc(N)ccc1Cl. The first-order chi connectivity index (χ1) is 9.47. The molecule has 1 aromatic carbocycles. The van der Waals surface area contributed by atoms with Gasteiger partial charge in [-0.2, -0.15) is 5.10 Å². The van der Waals surface area contributed by atoms with Gasteiger partial charge >= 0.3 is 0 Å². The van der Waals surface area contributed by atoms with Gasteiger partial charge in [0, 0.05) is 12.2 Å². The van der Waals surface area contributed by atoms with Crippen molar-refractivity contribution in [3.63, 3.8) is 0 Å². The molecule has 108 valence electrons. The van der Waals surface area contributed by atoms with Crippen LogP contribution in [0.5, 0.6) is 0 Å². The molecule has 0 aliphatic carbocycles. The Kier molecular flexibility index (Phi) is 4.77. The topological polar surface area (TPSA) is 73.8 Å². The molecule has 1 aromatic heterocycles. The van der Waals surface area contributed by atoms with Crippen LogP contribution in [0.15, 0.2) is 29.4 Å². The fourth-order valence-electron chi connectivity index (χ4n) is 1.79. The summed E-state index contributed by atoms with van der Waals surface area (Å²) in [5, 5.41) is 4.61. The second-order valence-corrected chi connectivity index (χ2v) is 6.76. The minimum Gasteiger partial charge on any atom is -0.399 e. The van der Waals surface area contributed by atoms with Gasteiger partial charge in [0.05, 0.1) is 26.5 Å². The summed E-state index contributed by atoms with van der Waals surface area (Å²) < 4.78 is 14.2. The van der Waals surface area contributed by atoms with E-state index < -0.39 is 10.8 Å². The van der Waals surface area contributed by atoms with Crippen molar-refractivity contribution in [3.8, 4) is 0 Å². The molecule has 2 rings (SSSR count). The summed E-state index contributed by atoms with van der Waals surface area (Å²) in [6.07, 6.45) is 1.48. The lowest BCUT2D eigenvalue weighted by Crippen LogP contribution is -2.12. The molecule has 7 heteroatoms. The van der Waals surface area contributed by atoms with E-state index >= 15 is 0 Å². The summed E-state index contributed by atoms with van der Waals surface area (Å²) in [5.74, 6) is 1.41. The average molecular weight is 313 g/mol. The number of benzene rings is 1. The Morgan fingerprint density at radius 1 is 1.45 bits per heavy atom. The highest BCUT2D eigenvalue weighted by Crippen LogP contribution is 2.24. The van der Waals surface area contributed by atoms with E-state index in [0.29, 0.717) is 27.3 Å². The van der Waals surface area contributed by atoms with Crippen LogP contribution in [-0.2, 0) is 23.1 Å². The Morgan fingerprint density at radius 3 is 2.90 bits per heavy atom. The lowest BCUT2D eigenvalue weighted by Gasteiger charge is -2.09. The van der Waals surface area contributed by atoms with Crippen molar-refractivity contribution in [3.05, 3.63) is 35.4 Å². The minimum atomic E-state index is -1.30. The zero-order chi connectivity index (χ0) is 14.7. The number of nitrogen functional groups attached to an aromatic ring is 1. The summed E-state index contributed by atoms with van der Waals surface area (Å²) in [5.41, 5.74) is 6.25. The molecule has 0 spiro atoms. The molecule has 0 saturated carbocycles. The number of nitrogens with two attached hydrogens (primary N) is 1. The molecule has 0 aliphatic heterocycles. The zero-order valence-electron chi connectivity index (χ0n) is 11.4. The number of aromatic nitrogens is 3. The summed E-state index contributed by atoms with van der Waals surface area (Å²) in [6.45, 7) is 4.94. The van der Waals surface area contributed by atoms with Gasteiger partial charge in [-0.1, -0.05) is 25.4 Å².